The van der Waals surface area contributed by atoms with Crippen LogP contribution in [0.3, 0.4) is 0 Å². The number of para-hydroxylation sites is 1. The van der Waals surface area contributed by atoms with Crippen molar-refractivity contribution in [2.45, 2.75) is 13.5 Å². The number of nitrogens with one attached hydrogen (secondary N) is 1. The Morgan fingerprint density at radius 3 is 2.94 bits per heavy atom. The van der Waals surface area contributed by atoms with E-state index in [-0.39, 0.29) is 0 Å². The average molecular weight is 295 g/mol. The third-order valence-corrected chi connectivity index (χ3v) is 4.60. The van der Waals surface area contributed by atoms with Crippen LogP contribution in [0.2, 0.25) is 5.02 Å². The van der Waals surface area contributed by atoms with E-state index in [1.807, 2.05) is 18.2 Å². The van der Waals surface area contributed by atoms with Crippen LogP contribution in [-0.4, -0.2) is 9.55 Å². The van der Waals surface area contributed by atoms with Crippen LogP contribution in [0.15, 0.2) is 29.0 Å². The van der Waals surface area contributed by atoms with E-state index in [9.17, 15) is 0 Å². The van der Waals surface area contributed by atoms with Crippen molar-refractivity contribution in [3.63, 3.8) is 0 Å². The van der Waals surface area contributed by atoms with E-state index in [2.05, 4.69) is 27.2 Å². The zero-order valence-electron chi connectivity index (χ0n) is 9.74. The predicted octanol–water partition coefficient (Wildman–Crippen LogP) is 4.77. The Balaban J connectivity index is 2.18. The Morgan fingerprint density at radius 1 is 1.39 bits per heavy atom. The first-order valence-electron chi connectivity index (χ1n) is 5.55. The molecule has 0 unspecified atom stereocenters. The largest absolute Gasteiger partial charge is 0.329 e. The van der Waals surface area contributed by atoms with Crippen LogP contribution in [0.25, 0.3) is 11.0 Å². The normalized spacial score (nSPS) is 11.2. The number of hydrogen-bond acceptors (Lipinski definition) is 2. The van der Waals surface area contributed by atoms with Gasteiger partial charge in [0.2, 0.25) is 0 Å². The molecule has 0 atom stereocenters. The number of benzene rings is 1. The molecule has 2 heterocycles. The number of fused-ring (bicyclic) bond motifs is 1. The highest BCUT2D eigenvalue weighted by Crippen LogP contribution is 2.24. The van der Waals surface area contributed by atoms with Gasteiger partial charge in [0, 0.05) is 0 Å². The van der Waals surface area contributed by atoms with Crippen molar-refractivity contribution < 1.29 is 0 Å². The van der Waals surface area contributed by atoms with Crippen LogP contribution in [0, 0.1) is 11.7 Å². The molecule has 0 amide bonds. The quantitative estimate of drug-likeness (QED) is 0.675. The molecular weight excluding hydrogens is 284 g/mol. The Bertz CT molecular complexity index is 767. The van der Waals surface area contributed by atoms with Crippen molar-refractivity contribution >= 4 is 46.2 Å². The molecule has 92 valence electrons. The van der Waals surface area contributed by atoms with E-state index >= 15 is 0 Å². The van der Waals surface area contributed by atoms with Gasteiger partial charge in [0.25, 0.3) is 0 Å². The number of nitrogens with zero attached hydrogens (tertiary/aromatic N) is 1. The summed E-state index contributed by atoms with van der Waals surface area (Å²) in [5.41, 5.74) is 4.57. The first-order valence-corrected chi connectivity index (χ1v) is 7.28. The van der Waals surface area contributed by atoms with Crippen LogP contribution in [0.4, 0.5) is 0 Å². The minimum Gasteiger partial charge on any atom is -0.329 e. The molecule has 3 rings (SSSR count). The number of hydrogen-bond donors (Lipinski definition) is 1. The van der Waals surface area contributed by atoms with Gasteiger partial charge >= 0.3 is 0 Å². The molecular formula is C13H11ClN2S2. The van der Waals surface area contributed by atoms with Gasteiger partial charge in [-0.25, -0.2) is 0 Å². The van der Waals surface area contributed by atoms with Gasteiger partial charge < -0.3 is 9.55 Å². The second-order valence-electron chi connectivity index (χ2n) is 4.23. The second-order valence-corrected chi connectivity index (χ2v) is 5.77. The molecule has 0 aliphatic rings. The van der Waals surface area contributed by atoms with Gasteiger partial charge in [0.15, 0.2) is 4.77 Å². The Hall–Kier alpha value is -1.10. The Kier molecular flexibility index (Phi) is 3.01. The molecule has 3 aromatic rings. The SMILES string of the molecule is Cc1cscc1Cn1c(=S)[nH]c2c(Cl)cccc21. The van der Waals surface area contributed by atoms with Crippen molar-refractivity contribution in [1.82, 2.24) is 9.55 Å². The number of rotatable bonds is 2. The number of aryl methyl sites for hydroxylation is 1. The summed E-state index contributed by atoms with van der Waals surface area (Å²) in [7, 11) is 0. The summed E-state index contributed by atoms with van der Waals surface area (Å²) >= 11 is 13.3. The molecule has 2 nitrogen and oxygen atoms in total. The molecule has 18 heavy (non-hydrogen) atoms. The number of thiophene rings is 1. The number of aromatic amines is 1. The molecule has 0 saturated carbocycles. The lowest BCUT2D eigenvalue weighted by molar-refractivity contribution is 0.808. The molecule has 0 radical (unpaired) electrons. The summed E-state index contributed by atoms with van der Waals surface area (Å²) in [6.45, 7) is 2.91. The highest BCUT2D eigenvalue weighted by Gasteiger charge is 2.08. The van der Waals surface area contributed by atoms with E-state index in [4.69, 9.17) is 23.8 Å². The van der Waals surface area contributed by atoms with Gasteiger partial charge in [-0.3, -0.25) is 0 Å². The summed E-state index contributed by atoms with van der Waals surface area (Å²) in [5, 5.41) is 5.03. The molecule has 0 aliphatic heterocycles. The van der Waals surface area contributed by atoms with Gasteiger partial charge in [-0.05, 0) is 53.2 Å². The van der Waals surface area contributed by atoms with Gasteiger partial charge in [-0.15, -0.1) is 0 Å². The molecule has 0 fully saturated rings. The number of imidazole rings is 1. The standard InChI is InChI=1S/C13H11ClN2S2/c1-8-6-18-7-9(8)5-16-11-4-2-3-10(14)12(11)15-13(16)17/h2-4,6-7H,5H2,1H3,(H,15,17). The summed E-state index contributed by atoms with van der Waals surface area (Å²) in [4.78, 5) is 3.18. The minimum atomic E-state index is 0.708. The minimum absolute atomic E-state index is 0.708. The fraction of sp³-hybridized carbons (Fsp3) is 0.154. The molecule has 0 saturated heterocycles. The van der Waals surface area contributed by atoms with E-state index in [1.165, 1.54) is 11.1 Å². The van der Waals surface area contributed by atoms with E-state index in [0.717, 1.165) is 17.6 Å². The fourth-order valence-electron chi connectivity index (χ4n) is 2.02. The smallest absolute Gasteiger partial charge is 0.178 e. The number of aromatic nitrogens is 2. The van der Waals surface area contributed by atoms with Crippen molar-refractivity contribution in [3.05, 3.63) is 49.9 Å². The maximum atomic E-state index is 6.17. The van der Waals surface area contributed by atoms with Crippen molar-refractivity contribution in [3.8, 4) is 0 Å². The molecule has 0 bridgehead atoms. The van der Waals surface area contributed by atoms with E-state index in [1.54, 1.807) is 11.3 Å². The molecule has 1 N–H and O–H groups in total. The van der Waals surface area contributed by atoms with Crippen molar-refractivity contribution in [1.29, 1.82) is 0 Å². The molecule has 1 aromatic carbocycles. The first kappa shape index (κ1) is 12.0. The third kappa shape index (κ3) is 1.90. The highest BCUT2D eigenvalue weighted by molar-refractivity contribution is 7.71. The Labute approximate surface area is 119 Å². The van der Waals surface area contributed by atoms with Crippen LogP contribution in [0.5, 0.6) is 0 Å². The summed E-state index contributed by atoms with van der Waals surface area (Å²) in [6.07, 6.45) is 0. The zero-order chi connectivity index (χ0) is 12.7. The van der Waals surface area contributed by atoms with Gasteiger partial charge in [0.05, 0.1) is 22.6 Å². The second kappa shape index (κ2) is 4.53. The Morgan fingerprint density at radius 2 is 2.22 bits per heavy atom. The fourth-order valence-corrected chi connectivity index (χ4v) is 3.35. The summed E-state index contributed by atoms with van der Waals surface area (Å²) in [6, 6.07) is 5.86. The summed E-state index contributed by atoms with van der Waals surface area (Å²) in [5.74, 6) is 0. The van der Waals surface area contributed by atoms with Crippen LogP contribution in [0.1, 0.15) is 11.1 Å². The molecule has 0 spiro atoms. The lowest BCUT2D eigenvalue weighted by Gasteiger charge is -2.04. The topological polar surface area (TPSA) is 20.7 Å². The van der Waals surface area contributed by atoms with Crippen molar-refractivity contribution in [2.24, 2.45) is 0 Å². The maximum Gasteiger partial charge on any atom is 0.178 e. The maximum absolute atomic E-state index is 6.17. The lowest BCUT2D eigenvalue weighted by Crippen LogP contribution is -1.99. The molecule has 0 aliphatic carbocycles. The highest BCUT2D eigenvalue weighted by atomic mass is 35.5. The zero-order valence-corrected chi connectivity index (χ0v) is 12.1. The monoisotopic (exact) mass is 294 g/mol. The third-order valence-electron chi connectivity index (χ3n) is 3.05. The molecule has 2 aromatic heterocycles. The van der Waals surface area contributed by atoms with Gasteiger partial charge in [0.1, 0.15) is 0 Å². The predicted molar refractivity (Wildman–Crippen MR) is 80.3 cm³/mol. The average Bonchev–Trinajstić information content (AvgIpc) is 2.87. The van der Waals surface area contributed by atoms with Gasteiger partial charge in [-0.1, -0.05) is 17.7 Å². The van der Waals surface area contributed by atoms with Crippen molar-refractivity contribution in [2.75, 3.05) is 0 Å². The lowest BCUT2D eigenvalue weighted by atomic mass is 10.2. The van der Waals surface area contributed by atoms with Crippen LogP contribution >= 0.6 is 35.2 Å². The van der Waals surface area contributed by atoms with E-state index < -0.39 is 0 Å². The number of H-pyrrole nitrogens is 1. The first-order chi connectivity index (χ1) is 8.66. The van der Waals surface area contributed by atoms with E-state index in [0.29, 0.717) is 9.79 Å². The van der Waals surface area contributed by atoms with Crippen LogP contribution in [-0.2, 0) is 6.54 Å². The van der Waals surface area contributed by atoms with Crippen LogP contribution < -0.4 is 0 Å². The van der Waals surface area contributed by atoms with Gasteiger partial charge in [-0.2, -0.15) is 11.3 Å². The number of halogens is 1. The molecule has 5 heteroatoms. The summed E-state index contributed by atoms with van der Waals surface area (Å²) < 4.78 is 2.80.